The Labute approximate surface area is 161 Å². The van der Waals surface area contributed by atoms with Crippen molar-refractivity contribution in [2.75, 3.05) is 33.4 Å². The molecule has 3 aliphatic rings. The molecule has 3 saturated heterocycles. The van der Waals surface area contributed by atoms with Gasteiger partial charge < -0.3 is 15.2 Å². The van der Waals surface area contributed by atoms with E-state index in [1.807, 2.05) is 18.3 Å². The van der Waals surface area contributed by atoms with Crippen LogP contribution in [0.3, 0.4) is 0 Å². The van der Waals surface area contributed by atoms with E-state index in [1.54, 1.807) is 7.11 Å². The van der Waals surface area contributed by atoms with E-state index in [4.69, 9.17) is 15.2 Å². The molecule has 5 rings (SSSR count). The van der Waals surface area contributed by atoms with Gasteiger partial charge in [-0.05, 0) is 61.1 Å². The van der Waals surface area contributed by atoms with E-state index in [-0.39, 0.29) is 6.10 Å². The first-order valence-corrected chi connectivity index (χ1v) is 9.86. The van der Waals surface area contributed by atoms with Crippen molar-refractivity contribution < 1.29 is 9.47 Å². The fourth-order valence-corrected chi connectivity index (χ4v) is 4.82. The number of nitrogens with zero attached hydrogens (tertiary/aromatic N) is 2. The van der Waals surface area contributed by atoms with Crippen LogP contribution in [0.15, 0.2) is 43.1 Å². The van der Waals surface area contributed by atoms with E-state index in [1.165, 1.54) is 12.0 Å². The molecule has 5 atom stereocenters. The lowest BCUT2D eigenvalue weighted by molar-refractivity contribution is -0.0730. The van der Waals surface area contributed by atoms with Crippen molar-refractivity contribution in [1.82, 2.24) is 9.88 Å². The van der Waals surface area contributed by atoms with Crippen LogP contribution in [-0.2, 0) is 4.74 Å². The molecule has 1 aromatic carbocycles. The number of methoxy groups -OCH3 is 1. The summed E-state index contributed by atoms with van der Waals surface area (Å²) in [5, 5.41) is 1.10. The highest BCUT2D eigenvalue weighted by molar-refractivity contribution is 5.84. The van der Waals surface area contributed by atoms with Gasteiger partial charge in [0.2, 0.25) is 0 Å². The summed E-state index contributed by atoms with van der Waals surface area (Å²) in [4.78, 5) is 7.12. The number of benzene rings is 1. The molecule has 3 aliphatic heterocycles. The molecule has 5 nitrogen and oxygen atoms in total. The summed E-state index contributed by atoms with van der Waals surface area (Å²) in [6.07, 6.45) is 6.39. The molecule has 4 heterocycles. The Balaban J connectivity index is 1.73. The predicted molar refractivity (Wildman–Crippen MR) is 108 cm³/mol. The lowest BCUT2D eigenvalue weighted by Crippen LogP contribution is -2.55. The van der Waals surface area contributed by atoms with Crippen molar-refractivity contribution >= 4 is 10.9 Å². The van der Waals surface area contributed by atoms with Crippen molar-refractivity contribution in [2.45, 2.75) is 25.0 Å². The van der Waals surface area contributed by atoms with Gasteiger partial charge in [-0.2, -0.15) is 0 Å². The van der Waals surface area contributed by atoms with Crippen LogP contribution in [0, 0.1) is 11.8 Å². The summed E-state index contributed by atoms with van der Waals surface area (Å²) >= 11 is 0. The number of piperidine rings is 3. The van der Waals surface area contributed by atoms with Gasteiger partial charge in [0.05, 0.1) is 25.3 Å². The molecule has 4 unspecified atom stereocenters. The third-order valence-electron chi connectivity index (χ3n) is 6.21. The maximum atomic E-state index is 6.36. The summed E-state index contributed by atoms with van der Waals surface area (Å²) in [6, 6.07) is 8.49. The van der Waals surface area contributed by atoms with Gasteiger partial charge in [0, 0.05) is 30.7 Å². The highest BCUT2D eigenvalue weighted by atomic mass is 16.5. The largest absolute Gasteiger partial charge is 0.497 e. The SMILES string of the molecule is C=CC1CN2CCC1CC2[C@H](OCCN)c1ccnc2ccc(OC)cc12. The second-order valence-electron chi connectivity index (χ2n) is 7.61. The third-order valence-corrected chi connectivity index (χ3v) is 6.21. The Morgan fingerprint density at radius 3 is 3.00 bits per heavy atom. The van der Waals surface area contributed by atoms with E-state index in [0.717, 1.165) is 36.2 Å². The van der Waals surface area contributed by atoms with E-state index >= 15 is 0 Å². The molecule has 2 bridgehead atoms. The minimum atomic E-state index is -0.0141. The zero-order chi connectivity index (χ0) is 18.8. The summed E-state index contributed by atoms with van der Waals surface area (Å²) in [5.74, 6) is 2.13. The monoisotopic (exact) mass is 367 g/mol. The van der Waals surface area contributed by atoms with Crippen LogP contribution < -0.4 is 10.5 Å². The summed E-state index contributed by atoms with van der Waals surface area (Å²) in [6.45, 7) is 7.33. The van der Waals surface area contributed by atoms with Crippen LogP contribution in [0.1, 0.15) is 24.5 Å². The summed E-state index contributed by atoms with van der Waals surface area (Å²) < 4.78 is 11.8. The zero-order valence-electron chi connectivity index (χ0n) is 16.0. The summed E-state index contributed by atoms with van der Waals surface area (Å²) in [7, 11) is 1.70. The minimum absolute atomic E-state index is 0.0141. The average molecular weight is 367 g/mol. The predicted octanol–water partition coefficient (Wildman–Crippen LogP) is 3.16. The molecule has 2 N–H and O–H groups in total. The van der Waals surface area contributed by atoms with Crippen LogP contribution in [0.2, 0.25) is 0 Å². The normalized spacial score (nSPS) is 28.2. The molecular formula is C22H29N3O2. The van der Waals surface area contributed by atoms with E-state index in [2.05, 4.69) is 34.7 Å². The van der Waals surface area contributed by atoms with Crippen molar-refractivity contribution in [3.05, 3.63) is 48.7 Å². The quantitative estimate of drug-likeness (QED) is 0.762. The number of ether oxygens (including phenoxy) is 2. The standard InChI is InChI=1S/C22H29N3O2/c1-3-15-14-25-10-7-16(15)12-21(25)22(27-11-8-23)18-6-9-24-20-5-4-17(26-2)13-19(18)20/h3-6,9,13,15-16,21-22H,1,7-8,10-12,14,23H2,2H3/t15?,16?,21?,22-/m1/s1. The number of fused-ring (bicyclic) bond motifs is 4. The number of rotatable bonds is 7. The Kier molecular flexibility index (Phi) is 5.43. The molecule has 27 heavy (non-hydrogen) atoms. The molecule has 3 fully saturated rings. The Morgan fingerprint density at radius 1 is 1.41 bits per heavy atom. The van der Waals surface area contributed by atoms with Gasteiger partial charge in [0.15, 0.2) is 0 Å². The molecule has 5 heteroatoms. The van der Waals surface area contributed by atoms with Gasteiger partial charge in [-0.15, -0.1) is 6.58 Å². The first kappa shape index (κ1) is 18.4. The Bertz CT molecular complexity index is 809. The third kappa shape index (κ3) is 3.47. The highest BCUT2D eigenvalue weighted by Gasteiger charge is 2.43. The number of pyridine rings is 1. The van der Waals surface area contributed by atoms with Crippen molar-refractivity contribution in [3.63, 3.8) is 0 Å². The van der Waals surface area contributed by atoms with Crippen LogP contribution in [0.25, 0.3) is 10.9 Å². The van der Waals surface area contributed by atoms with Crippen molar-refractivity contribution in [1.29, 1.82) is 0 Å². The maximum Gasteiger partial charge on any atom is 0.119 e. The van der Waals surface area contributed by atoms with Gasteiger partial charge in [0.1, 0.15) is 5.75 Å². The first-order chi connectivity index (χ1) is 13.2. The van der Waals surface area contributed by atoms with Gasteiger partial charge in [-0.3, -0.25) is 9.88 Å². The molecule has 2 aromatic rings. The summed E-state index contributed by atoms with van der Waals surface area (Å²) in [5.41, 5.74) is 7.93. The topological polar surface area (TPSA) is 60.6 Å². The molecular weight excluding hydrogens is 338 g/mol. The van der Waals surface area contributed by atoms with Gasteiger partial charge in [0.25, 0.3) is 0 Å². The Hall–Kier alpha value is -1.95. The second-order valence-corrected chi connectivity index (χ2v) is 7.61. The smallest absolute Gasteiger partial charge is 0.119 e. The van der Waals surface area contributed by atoms with Crippen LogP contribution in [0.5, 0.6) is 5.75 Å². The number of hydrogen-bond acceptors (Lipinski definition) is 5. The Morgan fingerprint density at radius 2 is 2.30 bits per heavy atom. The maximum absolute atomic E-state index is 6.36. The lowest BCUT2D eigenvalue weighted by Gasteiger charge is -2.51. The van der Waals surface area contributed by atoms with Gasteiger partial charge >= 0.3 is 0 Å². The van der Waals surface area contributed by atoms with E-state index in [9.17, 15) is 0 Å². The molecule has 0 radical (unpaired) electrons. The fraction of sp³-hybridized carbons (Fsp3) is 0.500. The van der Waals surface area contributed by atoms with Crippen LogP contribution in [0.4, 0.5) is 0 Å². The number of nitrogens with two attached hydrogens (primary N) is 1. The van der Waals surface area contributed by atoms with E-state index < -0.39 is 0 Å². The first-order valence-electron chi connectivity index (χ1n) is 9.86. The van der Waals surface area contributed by atoms with Crippen molar-refractivity contribution in [2.24, 2.45) is 17.6 Å². The number of hydrogen-bond donors (Lipinski definition) is 1. The minimum Gasteiger partial charge on any atom is -0.497 e. The number of aromatic nitrogens is 1. The fourth-order valence-electron chi connectivity index (χ4n) is 4.82. The van der Waals surface area contributed by atoms with Crippen molar-refractivity contribution in [3.8, 4) is 5.75 Å². The molecule has 1 aromatic heterocycles. The average Bonchev–Trinajstić information content (AvgIpc) is 2.74. The van der Waals surface area contributed by atoms with Gasteiger partial charge in [-0.1, -0.05) is 6.08 Å². The second kappa shape index (κ2) is 7.97. The van der Waals surface area contributed by atoms with Gasteiger partial charge in [-0.25, -0.2) is 0 Å². The highest BCUT2D eigenvalue weighted by Crippen LogP contribution is 2.43. The molecule has 0 saturated carbocycles. The zero-order valence-corrected chi connectivity index (χ0v) is 16.0. The molecule has 0 amide bonds. The van der Waals surface area contributed by atoms with Crippen LogP contribution in [-0.4, -0.2) is 49.3 Å². The van der Waals surface area contributed by atoms with E-state index in [0.29, 0.717) is 31.0 Å². The molecule has 0 spiro atoms. The molecule has 144 valence electrons. The van der Waals surface area contributed by atoms with Crippen LogP contribution >= 0.6 is 0 Å². The molecule has 0 aliphatic carbocycles. The lowest BCUT2D eigenvalue weighted by atomic mass is 9.73.